The maximum absolute atomic E-state index is 3.78. The fourth-order valence-corrected chi connectivity index (χ4v) is 0.975. The Morgan fingerprint density at radius 3 is 1.43 bits per heavy atom. The summed E-state index contributed by atoms with van der Waals surface area (Å²) in [5.41, 5.74) is 2.74. The Hall–Kier alpha value is -1.63. The third-order valence-electron chi connectivity index (χ3n) is 1.99. The summed E-state index contributed by atoms with van der Waals surface area (Å²) in [5.74, 6) is 0. The Bertz CT molecular complexity index is 307. The van der Waals surface area contributed by atoms with Crippen LogP contribution in [0.2, 0.25) is 0 Å². The fourth-order valence-electron chi connectivity index (χ4n) is 0.975. The average molecular weight is 185 g/mol. The smallest absolute Gasteiger partial charge is 0.0267 e. The van der Waals surface area contributed by atoms with E-state index in [2.05, 4.69) is 43.1 Å². The second kappa shape index (κ2) is 5.92. The monoisotopic (exact) mass is 185 g/mol. The average Bonchev–Trinajstić information content (AvgIpc) is 2.26. The van der Waals surface area contributed by atoms with Gasteiger partial charge in [0.05, 0.1) is 0 Å². The molecular weight excluding hydrogens is 170 g/mol. The Morgan fingerprint density at radius 1 is 0.714 bits per heavy atom. The first kappa shape index (κ1) is 10.5. The van der Waals surface area contributed by atoms with Crippen LogP contribution in [0, 0.1) is 13.8 Å². The van der Waals surface area contributed by atoms with E-state index in [9.17, 15) is 0 Å². The quantitative estimate of drug-likeness (QED) is 0.613. The normalized spacial score (nSPS) is 8.71. The maximum Gasteiger partial charge on any atom is 0.0267 e. The first-order chi connectivity index (χ1) is 6.80. The number of hydrogen-bond donors (Lipinski definition) is 0. The summed E-state index contributed by atoms with van der Waals surface area (Å²) >= 11 is 0. The summed E-state index contributed by atoms with van der Waals surface area (Å²) < 4.78 is 0. The lowest BCUT2D eigenvalue weighted by Crippen LogP contribution is -1.74. The van der Waals surface area contributed by atoms with E-state index >= 15 is 0 Å². The summed E-state index contributed by atoms with van der Waals surface area (Å²) in [7, 11) is 0. The first-order valence-corrected chi connectivity index (χ1v) is 4.68. The molecule has 0 radical (unpaired) electrons. The van der Waals surface area contributed by atoms with Crippen LogP contribution in [0.1, 0.15) is 11.1 Å². The highest BCUT2D eigenvalue weighted by Gasteiger charge is 1.83. The van der Waals surface area contributed by atoms with Crippen molar-refractivity contribution in [1.29, 1.82) is 0 Å². The molecule has 0 saturated carbocycles. The first-order valence-electron chi connectivity index (χ1n) is 4.68. The van der Waals surface area contributed by atoms with Gasteiger partial charge in [0, 0.05) is 12.4 Å². The number of aryl methyl sites for hydroxylation is 2. The largest absolute Gasteiger partial charge is 0.265 e. The second-order valence-corrected chi connectivity index (χ2v) is 3.11. The van der Waals surface area contributed by atoms with E-state index in [1.807, 2.05) is 18.2 Å². The molecule has 0 bridgehead atoms. The second-order valence-electron chi connectivity index (χ2n) is 3.11. The van der Waals surface area contributed by atoms with Gasteiger partial charge in [0.1, 0.15) is 0 Å². The van der Waals surface area contributed by atoms with Crippen LogP contribution in [0.3, 0.4) is 0 Å². The van der Waals surface area contributed by atoms with Gasteiger partial charge in [0.2, 0.25) is 0 Å². The van der Waals surface area contributed by atoms with E-state index in [-0.39, 0.29) is 0 Å². The van der Waals surface area contributed by atoms with Gasteiger partial charge in [0.15, 0.2) is 0 Å². The van der Waals surface area contributed by atoms with Crippen molar-refractivity contribution in [3.63, 3.8) is 0 Å². The van der Waals surface area contributed by atoms with E-state index in [1.54, 1.807) is 12.4 Å². The lowest BCUT2D eigenvalue weighted by Gasteiger charge is -1.93. The van der Waals surface area contributed by atoms with Crippen molar-refractivity contribution >= 4 is 0 Å². The van der Waals surface area contributed by atoms with Gasteiger partial charge in [-0.05, 0) is 37.1 Å². The van der Waals surface area contributed by atoms with Gasteiger partial charge < -0.3 is 0 Å². The molecule has 0 aliphatic carbocycles. The highest BCUT2D eigenvalue weighted by atomic mass is 14.6. The number of nitrogens with zero attached hydrogens (tertiary/aromatic N) is 1. The minimum atomic E-state index is 1.37. The molecule has 0 fully saturated rings. The zero-order valence-electron chi connectivity index (χ0n) is 8.64. The summed E-state index contributed by atoms with van der Waals surface area (Å²) in [4.78, 5) is 3.78. The van der Waals surface area contributed by atoms with Gasteiger partial charge in [-0.15, -0.1) is 0 Å². The topological polar surface area (TPSA) is 12.9 Å². The minimum absolute atomic E-state index is 1.37. The molecule has 0 amide bonds. The molecule has 2 aromatic rings. The van der Waals surface area contributed by atoms with E-state index in [0.717, 1.165) is 0 Å². The summed E-state index contributed by atoms with van der Waals surface area (Å²) in [6.45, 7) is 4.24. The lowest BCUT2D eigenvalue weighted by molar-refractivity contribution is 1.33. The molecule has 0 N–H and O–H groups in total. The van der Waals surface area contributed by atoms with Crippen LogP contribution >= 0.6 is 0 Å². The number of benzene rings is 1. The van der Waals surface area contributed by atoms with Crippen LogP contribution in [0.15, 0.2) is 54.9 Å². The van der Waals surface area contributed by atoms with Crippen molar-refractivity contribution in [3.05, 3.63) is 66.0 Å². The molecule has 1 heterocycles. The third-order valence-corrected chi connectivity index (χ3v) is 1.99. The lowest BCUT2D eigenvalue weighted by atomic mass is 10.1. The number of aromatic nitrogens is 1. The molecule has 72 valence electrons. The molecule has 0 aliphatic heterocycles. The molecule has 1 heteroatoms. The molecule has 1 aromatic heterocycles. The molecule has 14 heavy (non-hydrogen) atoms. The van der Waals surface area contributed by atoms with Crippen LogP contribution in [0.4, 0.5) is 0 Å². The maximum atomic E-state index is 3.78. The standard InChI is InChI=1S/C8H10.C5H5N/c1-7-5-3-4-6-8(7)2;1-2-4-6-5-3-1/h3-6H,1-2H3;1-5H. The van der Waals surface area contributed by atoms with Crippen molar-refractivity contribution in [2.75, 3.05) is 0 Å². The van der Waals surface area contributed by atoms with Gasteiger partial charge in [-0.25, -0.2) is 0 Å². The van der Waals surface area contributed by atoms with Crippen molar-refractivity contribution in [2.45, 2.75) is 13.8 Å². The highest BCUT2D eigenvalue weighted by Crippen LogP contribution is 2.02. The molecular formula is C13H15N. The number of hydrogen-bond acceptors (Lipinski definition) is 1. The zero-order valence-corrected chi connectivity index (χ0v) is 8.64. The third kappa shape index (κ3) is 3.85. The predicted octanol–water partition coefficient (Wildman–Crippen LogP) is 3.39. The molecule has 1 nitrogen and oxygen atoms in total. The van der Waals surface area contributed by atoms with Gasteiger partial charge in [0.25, 0.3) is 0 Å². The molecule has 0 spiro atoms. The number of pyridine rings is 1. The molecule has 0 saturated heterocycles. The van der Waals surface area contributed by atoms with Crippen LogP contribution in [-0.2, 0) is 0 Å². The molecule has 1 aromatic carbocycles. The van der Waals surface area contributed by atoms with Gasteiger partial charge in [-0.1, -0.05) is 30.3 Å². The molecule has 0 atom stereocenters. The molecule has 0 aliphatic rings. The Balaban J connectivity index is 0.000000146. The molecule has 0 unspecified atom stereocenters. The summed E-state index contributed by atoms with van der Waals surface area (Å²) in [5, 5.41) is 0. The van der Waals surface area contributed by atoms with Crippen LogP contribution in [0.25, 0.3) is 0 Å². The molecule has 2 rings (SSSR count). The Morgan fingerprint density at radius 2 is 1.21 bits per heavy atom. The van der Waals surface area contributed by atoms with Gasteiger partial charge in [-0.2, -0.15) is 0 Å². The SMILES string of the molecule is Cc1ccccc1C.c1ccncc1. The van der Waals surface area contributed by atoms with Crippen molar-refractivity contribution < 1.29 is 0 Å². The van der Waals surface area contributed by atoms with Gasteiger partial charge >= 0.3 is 0 Å². The fraction of sp³-hybridized carbons (Fsp3) is 0.154. The van der Waals surface area contributed by atoms with E-state index in [0.29, 0.717) is 0 Å². The van der Waals surface area contributed by atoms with Crippen molar-refractivity contribution in [3.8, 4) is 0 Å². The van der Waals surface area contributed by atoms with Crippen molar-refractivity contribution in [2.24, 2.45) is 0 Å². The van der Waals surface area contributed by atoms with Crippen LogP contribution in [-0.4, -0.2) is 4.98 Å². The van der Waals surface area contributed by atoms with Crippen LogP contribution in [0.5, 0.6) is 0 Å². The minimum Gasteiger partial charge on any atom is -0.265 e. The predicted molar refractivity (Wildman–Crippen MR) is 60.2 cm³/mol. The number of rotatable bonds is 0. The van der Waals surface area contributed by atoms with E-state index in [1.165, 1.54) is 11.1 Å². The summed E-state index contributed by atoms with van der Waals surface area (Å²) in [6, 6.07) is 14.1. The Kier molecular flexibility index (Phi) is 4.42. The van der Waals surface area contributed by atoms with Gasteiger partial charge in [-0.3, -0.25) is 4.98 Å². The van der Waals surface area contributed by atoms with Crippen molar-refractivity contribution in [1.82, 2.24) is 4.98 Å². The summed E-state index contributed by atoms with van der Waals surface area (Å²) in [6.07, 6.45) is 3.50. The Labute approximate surface area is 85.4 Å². The highest BCUT2D eigenvalue weighted by molar-refractivity contribution is 5.23. The van der Waals surface area contributed by atoms with E-state index < -0.39 is 0 Å². The van der Waals surface area contributed by atoms with Crippen LogP contribution < -0.4 is 0 Å². The van der Waals surface area contributed by atoms with E-state index in [4.69, 9.17) is 0 Å². The zero-order chi connectivity index (χ0) is 10.2.